The smallest absolute Gasteiger partial charge is 0.251 e. The third kappa shape index (κ3) is 9.40. The summed E-state index contributed by atoms with van der Waals surface area (Å²) in [7, 11) is 4.99. The number of pyridine rings is 1. The molecule has 2 fully saturated rings. The Morgan fingerprint density at radius 3 is 2.38 bits per heavy atom. The second-order valence-electron chi connectivity index (χ2n) is 13.1. The number of hydrogen-bond donors (Lipinski definition) is 1. The Bertz CT molecular complexity index is 1610. The van der Waals surface area contributed by atoms with E-state index in [9.17, 15) is 9.59 Å². The van der Waals surface area contributed by atoms with Gasteiger partial charge in [-0.1, -0.05) is 29.3 Å². The molecule has 2 heterocycles. The molecule has 3 aromatic rings. The van der Waals surface area contributed by atoms with Gasteiger partial charge in [0.2, 0.25) is 5.91 Å². The Balaban J connectivity index is 1.35. The first-order chi connectivity index (χ1) is 24.2. The number of nitrogens with zero attached hydrogens (tertiary/aromatic N) is 2. The van der Waals surface area contributed by atoms with Gasteiger partial charge in [0.05, 0.1) is 29.1 Å². The molecule has 5 rings (SSSR count). The van der Waals surface area contributed by atoms with Gasteiger partial charge in [-0.25, -0.2) is 0 Å². The van der Waals surface area contributed by atoms with E-state index in [0.717, 1.165) is 48.1 Å². The Kier molecular flexibility index (Phi) is 13.6. The second-order valence-corrected chi connectivity index (χ2v) is 13.9. The van der Waals surface area contributed by atoms with Crippen LogP contribution in [0.5, 0.6) is 11.5 Å². The van der Waals surface area contributed by atoms with Crippen molar-refractivity contribution in [3.63, 3.8) is 0 Å². The lowest BCUT2D eigenvalue weighted by Gasteiger charge is -2.44. The van der Waals surface area contributed by atoms with Crippen LogP contribution in [0.15, 0.2) is 53.5 Å². The van der Waals surface area contributed by atoms with Crippen LogP contribution in [0.2, 0.25) is 10.0 Å². The van der Waals surface area contributed by atoms with Crippen molar-refractivity contribution in [3.8, 4) is 11.5 Å². The summed E-state index contributed by atoms with van der Waals surface area (Å²) in [6, 6.07) is 13.4. The topological polar surface area (TPSA) is 100 Å². The molecule has 0 radical (unpaired) electrons. The van der Waals surface area contributed by atoms with Crippen molar-refractivity contribution in [1.29, 1.82) is 0 Å². The highest BCUT2D eigenvalue weighted by Crippen LogP contribution is 2.41. The Labute approximate surface area is 304 Å². The van der Waals surface area contributed by atoms with Crippen LogP contribution in [0.25, 0.3) is 0 Å². The fraction of sp³-hybridized carbons (Fsp3) is 0.526. The zero-order valence-electron chi connectivity index (χ0n) is 29.5. The molecule has 10 nitrogen and oxygen atoms in total. The third-order valence-corrected chi connectivity index (χ3v) is 10.0. The van der Waals surface area contributed by atoms with Gasteiger partial charge in [-0.15, -0.1) is 0 Å². The lowest BCUT2D eigenvalue weighted by atomic mass is 9.75. The standard InChI is InChI=1S/C38H49Cl2N3O7/c1-26-18-33(39)36(34(40)19-26)50-15-13-42-12-9-29(23-35(42)44)38(48-4)10-11-41-24-32(38)37(45)43(30-7-8-30)25-28-20-27(6-5-14-46-2)21-31(22-28)49-17-16-47-3/h9,12,18-23,30,32,41H,5-8,10-11,13-17,24-25H2,1-4H3/t32-,38-/m1/s1. The summed E-state index contributed by atoms with van der Waals surface area (Å²) in [5, 5.41) is 4.26. The van der Waals surface area contributed by atoms with Gasteiger partial charge in [0.15, 0.2) is 5.75 Å². The number of aromatic nitrogens is 1. The maximum Gasteiger partial charge on any atom is 0.251 e. The first-order valence-corrected chi connectivity index (χ1v) is 18.0. The van der Waals surface area contributed by atoms with E-state index < -0.39 is 11.5 Å². The number of methoxy groups -OCH3 is 3. The first-order valence-electron chi connectivity index (χ1n) is 17.3. The molecule has 1 amide bonds. The molecule has 1 aliphatic carbocycles. The summed E-state index contributed by atoms with van der Waals surface area (Å²) in [6.45, 7) is 5.53. The van der Waals surface area contributed by atoms with Gasteiger partial charge < -0.3 is 38.5 Å². The van der Waals surface area contributed by atoms with Crippen molar-refractivity contribution in [2.45, 2.75) is 63.8 Å². The summed E-state index contributed by atoms with van der Waals surface area (Å²) in [5.74, 6) is 0.633. The van der Waals surface area contributed by atoms with E-state index in [-0.39, 0.29) is 24.1 Å². The van der Waals surface area contributed by atoms with E-state index in [1.807, 2.05) is 24.0 Å². The highest BCUT2D eigenvalue weighted by molar-refractivity contribution is 6.37. The number of aryl methyl sites for hydroxylation is 2. The Hall–Kier alpha value is -3.12. The molecule has 0 spiro atoms. The van der Waals surface area contributed by atoms with Crippen LogP contribution in [-0.4, -0.2) is 82.3 Å². The zero-order valence-corrected chi connectivity index (χ0v) is 31.0. The molecule has 0 bridgehead atoms. The number of piperidine rings is 1. The van der Waals surface area contributed by atoms with Gasteiger partial charge >= 0.3 is 0 Å². The molecular weight excluding hydrogens is 681 g/mol. The van der Waals surface area contributed by atoms with Crippen molar-refractivity contribution < 1.29 is 28.5 Å². The van der Waals surface area contributed by atoms with Crippen molar-refractivity contribution in [3.05, 3.63) is 91.3 Å². The van der Waals surface area contributed by atoms with Crippen LogP contribution >= 0.6 is 23.2 Å². The van der Waals surface area contributed by atoms with Gasteiger partial charge in [-0.05, 0) is 98.2 Å². The molecule has 1 aromatic heterocycles. The lowest BCUT2D eigenvalue weighted by Crippen LogP contribution is -2.56. The molecule has 1 aliphatic heterocycles. The van der Waals surface area contributed by atoms with E-state index in [0.29, 0.717) is 73.8 Å². The first kappa shape index (κ1) is 38.1. The molecule has 1 saturated heterocycles. The Morgan fingerprint density at radius 1 is 0.960 bits per heavy atom. The maximum atomic E-state index is 14.6. The van der Waals surface area contributed by atoms with Crippen LogP contribution < -0.4 is 20.3 Å². The van der Waals surface area contributed by atoms with E-state index in [2.05, 4.69) is 17.4 Å². The normalized spacial score (nSPS) is 19.0. The number of carbonyl (C=O) groups is 1. The number of nitrogens with one attached hydrogen (secondary N) is 1. The number of halogens is 2. The van der Waals surface area contributed by atoms with Crippen LogP contribution in [0.3, 0.4) is 0 Å². The number of carbonyl (C=O) groups excluding carboxylic acids is 1. The second kappa shape index (κ2) is 17.9. The minimum absolute atomic E-state index is 0.0117. The van der Waals surface area contributed by atoms with Gasteiger partial charge in [0, 0.05) is 59.3 Å². The predicted molar refractivity (Wildman–Crippen MR) is 195 cm³/mol. The summed E-state index contributed by atoms with van der Waals surface area (Å²) in [4.78, 5) is 30.1. The summed E-state index contributed by atoms with van der Waals surface area (Å²) < 4.78 is 30.2. The number of ether oxygens (including phenoxy) is 5. The highest BCUT2D eigenvalue weighted by atomic mass is 35.5. The summed E-state index contributed by atoms with van der Waals surface area (Å²) in [6.07, 6.45) is 5.91. The minimum Gasteiger partial charge on any atom is -0.491 e. The van der Waals surface area contributed by atoms with Crippen LogP contribution in [0.1, 0.15) is 47.9 Å². The van der Waals surface area contributed by atoms with Crippen molar-refractivity contribution in [1.82, 2.24) is 14.8 Å². The van der Waals surface area contributed by atoms with Crippen molar-refractivity contribution in [2.24, 2.45) is 5.92 Å². The van der Waals surface area contributed by atoms with E-state index >= 15 is 0 Å². The van der Waals surface area contributed by atoms with Gasteiger partial charge in [0.1, 0.15) is 24.6 Å². The average molecular weight is 731 g/mol. The molecule has 1 N–H and O–H groups in total. The molecule has 50 heavy (non-hydrogen) atoms. The van der Waals surface area contributed by atoms with Crippen LogP contribution in [0, 0.1) is 12.8 Å². The van der Waals surface area contributed by atoms with Gasteiger partial charge in [0.25, 0.3) is 5.56 Å². The van der Waals surface area contributed by atoms with Gasteiger partial charge in [-0.2, -0.15) is 0 Å². The molecule has 272 valence electrons. The Morgan fingerprint density at radius 2 is 1.70 bits per heavy atom. The average Bonchev–Trinajstić information content (AvgIpc) is 3.94. The molecule has 2 aliphatic rings. The molecule has 2 atom stereocenters. The molecule has 2 aromatic carbocycles. The maximum absolute atomic E-state index is 14.6. The number of rotatable bonds is 18. The van der Waals surface area contributed by atoms with E-state index in [1.165, 1.54) is 0 Å². The lowest BCUT2D eigenvalue weighted by molar-refractivity contribution is -0.155. The summed E-state index contributed by atoms with van der Waals surface area (Å²) >= 11 is 12.7. The quantitative estimate of drug-likeness (QED) is 0.164. The van der Waals surface area contributed by atoms with Crippen LogP contribution in [0.4, 0.5) is 0 Å². The number of hydrogen-bond acceptors (Lipinski definition) is 8. The minimum atomic E-state index is -0.969. The molecule has 1 saturated carbocycles. The summed E-state index contributed by atoms with van der Waals surface area (Å²) in [5.41, 5.74) is 2.59. The third-order valence-electron chi connectivity index (χ3n) is 9.47. The van der Waals surface area contributed by atoms with E-state index in [1.54, 1.807) is 50.3 Å². The van der Waals surface area contributed by atoms with Crippen molar-refractivity contribution >= 4 is 29.1 Å². The SMILES string of the molecule is COCCCc1cc(CN(C(=O)[C@H]2CNCC[C@@]2(OC)c2ccn(CCOc3c(Cl)cc(C)cc3Cl)c(=O)c2)C2CC2)cc(OCCOC)c1. The molecule has 12 heteroatoms. The monoisotopic (exact) mass is 729 g/mol. The number of amides is 1. The van der Waals surface area contributed by atoms with E-state index in [4.69, 9.17) is 46.9 Å². The highest BCUT2D eigenvalue weighted by Gasteiger charge is 2.50. The van der Waals surface area contributed by atoms with Crippen molar-refractivity contribution in [2.75, 3.05) is 60.8 Å². The predicted octanol–water partition coefficient (Wildman–Crippen LogP) is 5.79. The fourth-order valence-corrected chi connectivity index (χ4v) is 7.47. The molecular formula is C38H49Cl2N3O7. The van der Waals surface area contributed by atoms with Crippen LogP contribution in [-0.2, 0) is 44.1 Å². The largest absolute Gasteiger partial charge is 0.491 e. The fourth-order valence-electron chi connectivity index (χ4n) is 6.76. The zero-order chi connectivity index (χ0) is 35.7. The number of benzene rings is 2. The van der Waals surface area contributed by atoms with Gasteiger partial charge in [-0.3, -0.25) is 9.59 Å². The molecule has 0 unspecified atom stereocenters.